The van der Waals surface area contributed by atoms with Gasteiger partial charge in [-0.25, -0.2) is 4.98 Å². The Bertz CT molecular complexity index is 1410. The zero-order valence-electron chi connectivity index (χ0n) is 16.3. The van der Waals surface area contributed by atoms with Crippen molar-refractivity contribution in [2.24, 2.45) is 0 Å². The summed E-state index contributed by atoms with van der Waals surface area (Å²) in [5.74, 6) is 0.895. The maximum Gasteiger partial charge on any atom is 0.138 e. The van der Waals surface area contributed by atoms with Crippen molar-refractivity contribution in [2.75, 3.05) is 5.32 Å². The van der Waals surface area contributed by atoms with Crippen molar-refractivity contribution in [3.63, 3.8) is 0 Å². The summed E-state index contributed by atoms with van der Waals surface area (Å²) in [5.41, 5.74) is 5.99. The van der Waals surface area contributed by atoms with Crippen molar-refractivity contribution in [3.05, 3.63) is 103 Å². The lowest BCUT2D eigenvalue weighted by molar-refractivity contribution is 1.31. The summed E-state index contributed by atoms with van der Waals surface area (Å²) in [4.78, 5) is 4.75. The van der Waals surface area contributed by atoms with E-state index in [1.54, 1.807) is 0 Å². The number of hydrogen-bond acceptors (Lipinski definition) is 2. The predicted molar refractivity (Wildman–Crippen MR) is 130 cm³/mol. The standard InChI is InChI=1S/C27H19N2P/c1-2-9-19-18(8-1)15-16-22-20-10-3-5-13-24(20)30-25-14-6-4-11-21(25)23-12-7-17-28-27(23)29-26(19)22/h1-17,30H,(H,28,29). The largest absolute Gasteiger partial charge is 0.339 e. The number of fused-ring (bicyclic) bond motifs is 8. The van der Waals surface area contributed by atoms with Crippen LogP contribution in [0.5, 0.6) is 0 Å². The Labute approximate surface area is 177 Å². The normalized spacial score (nSPS) is 12.9. The summed E-state index contributed by atoms with van der Waals surface area (Å²) >= 11 is 0. The van der Waals surface area contributed by atoms with Gasteiger partial charge in [0.15, 0.2) is 0 Å². The monoisotopic (exact) mass is 402 g/mol. The molecule has 1 aliphatic heterocycles. The minimum Gasteiger partial charge on any atom is -0.339 e. The van der Waals surface area contributed by atoms with Gasteiger partial charge in [-0.2, -0.15) is 0 Å². The van der Waals surface area contributed by atoms with Crippen molar-refractivity contribution in [3.8, 4) is 22.3 Å². The van der Waals surface area contributed by atoms with Gasteiger partial charge in [0.1, 0.15) is 5.82 Å². The molecule has 0 saturated carbocycles. The summed E-state index contributed by atoms with van der Waals surface area (Å²) in [6.45, 7) is 0. The first-order chi connectivity index (χ1) is 14.9. The summed E-state index contributed by atoms with van der Waals surface area (Å²) in [6.07, 6.45) is 1.86. The number of nitrogens with zero attached hydrogens (tertiary/aromatic N) is 1. The van der Waals surface area contributed by atoms with Crippen LogP contribution in [-0.2, 0) is 0 Å². The zero-order chi connectivity index (χ0) is 19.9. The predicted octanol–water partition coefficient (Wildman–Crippen LogP) is 6.26. The molecular weight excluding hydrogens is 383 g/mol. The quantitative estimate of drug-likeness (QED) is 0.304. The molecule has 30 heavy (non-hydrogen) atoms. The Kier molecular flexibility index (Phi) is 4.11. The first-order valence-corrected chi connectivity index (χ1v) is 11.1. The van der Waals surface area contributed by atoms with Gasteiger partial charge in [-0.15, -0.1) is 0 Å². The molecule has 1 unspecified atom stereocenters. The van der Waals surface area contributed by atoms with E-state index in [0.717, 1.165) is 17.1 Å². The maximum absolute atomic E-state index is 4.75. The van der Waals surface area contributed by atoms with Gasteiger partial charge >= 0.3 is 0 Å². The number of pyridine rings is 1. The van der Waals surface area contributed by atoms with Gasteiger partial charge in [0.2, 0.25) is 0 Å². The SMILES string of the molecule is c1ccc2c(c1)Pc1ccccc1-c1ccc3ccccc3c1Nc1ncccc1-2. The molecule has 3 heteroatoms. The highest BCUT2D eigenvalue weighted by Gasteiger charge is 2.19. The second kappa shape index (κ2) is 7.09. The second-order valence-electron chi connectivity index (χ2n) is 7.45. The van der Waals surface area contributed by atoms with Crippen molar-refractivity contribution in [1.29, 1.82) is 0 Å². The van der Waals surface area contributed by atoms with E-state index < -0.39 is 0 Å². The first kappa shape index (κ1) is 17.4. The van der Waals surface area contributed by atoms with E-state index in [-0.39, 0.29) is 0 Å². The van der Waals surface area contributed by atoms with Crippen LogP contribution in [0.25, 0.3) is 33.0 Å². The molecule has 0 saturated heterocycles. The van der Waals surface area contributed by atoms with Crippen molar-refractivity contribution >= 4 is 41.5 Å². The third-order valence-electron chi connectivity index (χ3n) is 5.68. The Morgan fingerprint density at radius 2 is 1.23 bits per heavy atom. The van der Waals surface area contributed by atoms with E-state index in [2.05, 4.69) is 96.3 Å². The summed E-state index contributed by atoms with van der Waals surface area (Å²) in [5, 5.41) is 8.85. The molecule has 2 nitrogen and oxygen atoms in total. The van der Waals surface area contributed by atoms with Crippen LogP contribution in [0.1, 0.15) is 0 Å². The molecule has 0 amide bonds. The van der Waals surface area contributed by atoms with Crippen LogP contribution in [0, 0.1) is 0 Å². The van der Waals surface area contributed by atoms with E-state index in [0.29, 0.717) is 8.58 Å². The molecule has 142 valence electrons. The molecule has 1 aliphatic rings. The third kappa shape index (κ3) is 2.81. The van der Waals surface area contributed by atoms with Gasteiger partial charge in [-0.3, -0.25) is 0 Å². The molecule has 0 radical (unpaired) electrons. The fourth-order valence-corrected chi connectivity index (χ4v) is 5.63. The van der Waals surface area contributed by atoms with Crippen LogP contribution >= 0.6 is 8.58 Å². The number of benzene rings is 4. The topological polar surface area (TPSA) is 24.9 Å². The van der Waals surface area contributed by atoms with Gasteiger partial charge in [-0.05, 0) is 39.3 Å². The lowest BCUT2D eigenvalue weighted by Gasteiger charge is -2.22. The van der Waals surface area contributed by atoms with Gasteiger partial charge in [-0.1, -0.05) is 93.5 Å². The second-order valence-corrected chi connectivity index (χ2v) is 8.78. The fraction of sp³-hybridized carbons (Fsp3) is 0. The van der Waals surface area contributed by atoms with Crippen molar-refractivity contribution < 1.29 is 0 Å². The molecular formula is C27H19N2P. The molecule has 0 aliphatic carbocycles. The molecule has 1 N–H and O–H groups in total. The van der Waals surface area contributed by atoms with Crippen molar-refractivity contribution in [2.45, 2.75) is 0 Å². The Balaban J connectivity index is 1.73. The molecule has 1 aromatic heterocycles. The minimum atomic E-state index is 0.570. The van der Waals surface area contributed by atoms with Crippen molar-refractivity contribution in [1.82, 2.24) is 4.98 Å². The summed E-state index contributed by atoms with van der Waals surface area (Å²) in [6, 6.07) is 34.6. The first-order valence-electron chi connectivity index (χ1n) is 10.1. The molecule has 1 atom stereocenters. The average molecular weight is 402 g/mol. The maximum atomic E-state index is 4.75. The number of anilines is 2. The highest BCUT2D eigenvalue weighted by atomic mass is 31.1. The smallest absolute Gasteiger partial charge is 0.138 e. The van der Waals surface area contributed by atoms with Gasteiger partial charge in [0.25, 0.3) is 0 Å². The molecule has 2 heterocycles. The van der Waals surface area contributed by atoms with Crippen LogP contribution < -0.4 is 15.9 Å². The molecule has 6 rings (SSSR count). The molecule has 4 aromatic carbocycles. The van der Waals surface area contributed by atoms with E-state index in [1.165, 1.54) is 38.1 Å². The minimum absolute atomic E-state index is 0.570. The van der Waals surface area contributed by atoms with Crippen LogP contribution in [0.2, 0.25) is 0 Å². The van der Waals surface area contributed by atoms with Crippen LogP contribution in [0.15, 0.2) is 103 Å². The molecule has 0 fully saturated rings. The van der Waals surface area contributed by atoms with Gasteiger partial charge in [0, 0.05) is 22.7 Å². The van der Waals surface area contributed by atoms with E-state index in [9.17, 15) is 0 Å². The Morgan fingerprint density at radius 3 is 2.07 bits per heavy atom. The summed E-state index contributed by atoms with van der Waals surface area (Å²) in [7, 11) is 0.570. The molecule has 0 spiro atoms. The zero-order valence-corrected chi connectivity index (χ0v) is 17.3. The number of rotatable bonds is 0. The Hall–Kier alpha value is -3.48. The average Bonchev–Trinajstić information content (AvgIpc) is 2.81. The molecule has 5 aromatic rings. The van der Waals surface area contributed by atoms with Gasteiger partial charge < -0.3 is 5.32 Å². The van der Waals surface area contributed by atoms with E-state index >= 15 is 0 Å². The van der Waals surface area contributed by atoms with Crippen LogP contribution in [0.4, 0.5) is 11.5 Å². The highest BCUT2D eigenvalue weighted by Crippen LogP contribution is 2.40. The Morgan fingerprint density at radius 1 is 0.567 bits per heavy atom. The fourth-order valence-electron chi connectivity index (χ4n) is 4.27. The van der Waals surface area contributed by atoms with E-state index in [1.807, 2.05) is 12.3 Å². The highest BCUT2D eigenvalue weighted by molar-refractivity contribution is 7.56. The number of aromatic nitrogens is 1. The number of nitrogens with one attached hydrogen (secondary N) is 1. The lowest BCUT2D eigenvalue weighted by Crippen LogP contribution is -2.12. The van der Waals surface area contributed by atoms with E-state index in [4.69, 9.17) is 4.98 Å². The van der Waals surface area contributed by atoms with Crippen LogP contribution in [0.3, 0.4) is 0 Å². The third-order valence-corrected chi connectivity index (χ3v) is 7.09. The lowest BCUT2D eigenvalue weighted by atomic mass is 9.97. The van der Waals surface area contributed by atoms with Gasteiger partial charge in [0.05, 0.1) is 5.69 Å². The van der Waals surface area contributed by atoms with Crippen LogP contribution in [-0.4, -0.2) is 4.98 Å². The molecule has 0 bridgehead atoms. The number of hydrogen-bond donors (Lipinski definition) is 1. The summed E-state index contributed by atoms with van der Waals surface area (Å²) < 4.78 is 0.